The second-order valence-electron chi connectivity index (χ2n) is 5.86. The normalized spacial score (nSPS) is 12.8. The third-order valence-corrected chi connectivity index (χ3v) is 4.20. The number of rotatable bonds is 5. The first-order valence-electron chi connectivity index (χ1n) is 8.70. The lowest BCUT2D eigenvalue weighted by molar-refractivity contribution is 0.273. The van der Waals surface area contributed by atoms with Crippen LogP contribution in [0.15, 0.2) is 24.3 Å². The Bertz CT molecular complexity index is 760. The smallest absolute Gasteiger partial charge is 0.142 e. The van der Waals surface area contributed by atoms with Crippen LogP contribution in [0.2, 0.25) is 0 Å². The minimum absolute atomic E-state index is 0.0773. The molecule has 3 rings (SSSR count). The van der Waals surface area contributed by atoms with Gasteiger partial charge in [0.25, 0.3) is 0 Å². The van der Waals surface area contributed by atoms with Gasteiger partial charge in [0.1, 0.15) is 5.75 Å². The fraction of sp³-hybridized carbons (Fsp3) is 0.400. The van der Waals surface area contributed by atoms with Gasteiger partial charge in [-0.05, 0) is 44.0 Å². The zero-order valence-corrected chi connectivity index (χ0v) is 15.0. The van der Waals surface area contributed by atoms with Crippen molar-refractivity contribution in [2.24, 2.45) is 0 Å². The predicted octanol–water partition coefficient (Wildman–Crippen LogP) is 3.98. The van der Waals surface area contributed by atoms with Gasteiger partial charge in [0.05, 0.1) is 23.9 Å². The van der Waals surface area contributed by atoms with Crippen molar-refractivity contribution in [1.82, 2.24) is 4.98 Å². The van der Waals surface area contributed by atoms with Crippen LogP contribution in [0.5, 0.6) is 5.75 Å². The lowest BCUT2D eigenvalue weighted by Crippen LogP contribution is -2.10. The van der Waals surface area contributed by atoms with E-state index in [1.165, 1.54) is 0 Å². The molecule has 0 radical (unpaired) electrons. The maximum Gasteiger partial charge on any atom is 0.142 e. The molecule has 1 aliphatic rings. The molecule has 25 heavy (non-hydrogen) atoms. The standard InChI is InChI=1S/C18H19N3O2.C2H6/c1-11-18(23)16(10-22)15(17(21-11)13-4-5-13)9-20-14-6-2-12(8-19)3-7-14;1-2/h2-3,6-7,13,20,22-23H,4-5,9-10H2,1H3;1-2H3. The number of nitrogens with zero attached hydrogens (tertiary/aromatic N) is 2. The lowest BCUT2D eigenvalue weighted by atomic mass is 10.0. The highest BCUT2D eigenvalue weighted by Crippen LogP contribution is 2.43. The Morgan fingerprint density at radius 2 is 1.84 bits per heavy atom. The molecule has 1 aliphatic carbocycles. The number of benzene rings is 1. The molecule has 1 aromatic heterocycles. The molecule has 5 heteroatoms. The molecule has 0 amide bonds. The summed E-state index contributed by atoms with van der Waals surface area (Å²) in [6.07, 6.45) is 2.21. The molecule has 0 bridgehead atoms. The molecule has 1 fully saturated rings. The van der Waals surface area contributed by atoms with Gasteiger partial charge in [-0.2, -0.15) is 5.26 Å². The van der Waals surface area contributed by atoms with Crippen molar-refractivity contribution >= 4 is 5.69 Å². The number of nitriles is 1. The molecular formula is C20H25N3O2. The van der Waals surface area contributed by atoms with E-state index in [2.05, 4.69) is 16.4 Å². The van der Waals surface area contributed by atoms with Gasteiger partial charge in [0.2, 0.25) is 0 Å². The highest BCUT2D eigenvalue weighted by Gasteiger charge is 2.30. The zero-order valence-electron chi connectivity index (χ0n) is 15.0. The van der Waals surface area contributed by atoms with E-state index in [9.17, 15) is 10.2 Å². The molecular weight excluding hydrogens is 314 g/mol. The fourth-order valence-electron chi connectivity index (χ4n) is 2.73. The fourth-order valence-corrected chi connectivity index (χ4v) is 2.73. The summed E-state index contributed by atoms with van der Waals surface area (Å²) >= 11 is 0. The topological polar surface area (TPSA) is 89.2 Å². The molecule has 1 aromatic carbocycles. The Morgan fingerprint density at radius 3 is 2.36 bits per heavy atom. The maximum atomic E-state index is 10.2. The second-order valence-corrected chi connectivity index (χ2v) is 5.86. The van der Waals surface area contributed by atoms with Gasteiger partial charge < -0.3 is 15.5 Å². The molecule has 5 nitrogen and oxygen atoms in total. The molecule has 3 N–H and O–H groups in total. The SMILES string of the molecule is CC.Cc1nc(C2CC2)c(CNc2ccc(C#N)cc2)c(CO)c1O. The molecule has 1 heterocycles. The van der Waals surface area contributed by atoms with Crippen LogP contribution in [0.1, 0.15) is 60.7 Å². The molecule has 0 unspecified atom stereocenters. The Hall–Kier alpha value is -2.58. The predicted molar refractivity (Wildman–Crippen MR) is 98.4 cm³/mol. The summed E-state index contributed by atoms with van der Waals surface area (Å²) in [4.78, 5) is 4.54. The van der Waals surface area contributed by atoms with Crippen molar-refractivity contribution in [3.8, 4) is 11.8 Å². The summed E-state index contributed by atoms with van der Waals surface area (Å²) in [6, 6.07) is 9.28. The minimum atomic E-state index is -0.209. The monoisotopic (exact) mass is 339 g/mol. The van der Waals surface area contributed by atoms with Crippen LogP contribution in [0.4, 0.5) is 5.69 Å². The molecule has 0 spiro atoms. The van der Waals surface area contributed by atoms with Crippen molar-refractivity contribution in [3.63, 3.8) is 0 Å². The van der Waals surface area contributed by atoms with Crippen LogP contribution in [0.25, 0.3) is 0 Å². The van der Waals surface area contributed by atoms with Crippen LogP contribution >= 0.6 is 0 Å². The van der Waals surface area contributed by atoms with Crippen LogP contribution in [-0.2, 0) is 13.2 Å². The van der Waals surface area contributed by atoms with Crippen molar-refractivity contribution in [2.45, 2.75) is 52.7 Å². The molecule has 1 saturated carbocycles. The minimum Gasteiger partial charge on any atom is -0.506 e. The molecule has 0 saturated heterocycles. The third kappa shape index (κ3) is 4.28. The van der Waals surface area contributed by atoms with E-state index in [1.807, 2.05) is 26.0 Å². The number of aromatic nitrogens is 1. The molecule has 0 atom stereocenters. The average Bonchev–Trinajstić information content (AvgIpc) is 3.49. The van der Waals surface area contributed by atoms with Gasteiger partial charge in [0.15, 0.2) is 0 Å². The van der Waals surface area contributed by atoms with E-state index in [-0.39, 0.29) is 12.4 Å². The first kappa shape index (κ1) is 18.8. The Morgan fingerprint density at radius 1 is 1.20 bits per heavy atom. The third-order valence-electron chi connectivity index (χ3n) is 4.20. The number of aliphatic hydroxyl groups is 1. The summed E-state index contributed by atoms with van der Waals surface area (Å²) in [5, 5.41) is 32.0. The van der Waals surface area contributed by atoms with Crippen LogP contribution in [0.3, 0.4) is 0 Å². The van der Waals surface area contributed by atoms with Crippen LogP contribution in [0, 0.1) is 18.3 Å². The van der Waals surface area contributed by atoms with Crippen molar-refractivity contribution in [3.05, 3.63) is 52.3 Å². The van der Waals surface area contributed by atoms with E-state index < -0.39 is 0 Å². The van der Waals surface area contributed by atoms with E-state index in [4.69, 9.17) is 5.26 Å². The van der Waals surface area contributed by atoms with Crippen LogP contribution in [-0.4, -0.2) is 15.2 Å². The number of aromatic hydroxyl groups is 1. The summed E-state index contributed by atoms with van der Waals surface area (Å²) < 4.78 is 0. The number of hydrogen-bond acceptors (Lipinski definition) is 5. The second kappa shape index (κ2) is 8.50. The number of anilines is 1. The molecule has 0 aliphatic heterocycles. The first-order chi connectivity index (χ1) is 12.1. The number of nitrogens with one attached hydrogen (secondary N) is 1. The highest BCUT2D eigenvalue weighted by atomic mass is 16.3. The lowest BCUT2D eigenvalue weighted by Gasteiger charge is -2.17. The van der Waals surface area contributed by atoms with Gasteiger partial charge in [-0.25, -0.2) is 0 Å². The van der Waals surface area contributed by atoms with E-state index in [1.54, 1.807) is 19.1 Å². The van der Waals surface area contributed by atoms with Crippen molar-refractivity contribution in [2.75, 3.05) is 5.32 Å². The summed E-state index contributed by atoms with van der Waals surface area (Å²) in [7, 11) is 0. The quantitative estimate of drug-likeness (QED) is 0.767. The average molecular weight is 339 g/mol. The van der Waals surface area contributed by atoms with Gasteiger partial charge in [-0.15, -0.1) is 0 Å². The summed E-state index contributed by atoms with van der Waals surface area (Å²) in [5.74, 6) is 0.505. The van der Waals surface area contributed by atoms with Crippen molar-refractivity contribution in [1.29, 1.82) is 5.26 Å². The van der Waals surface area contributed by atoms with Crippen molar-refractivity contribution < 1.29 is 10.2 Å². The van der Waals surface area contributed by atoms with E-state index >= 15 is 0 Å². The van der Waals surface area contributed by atoms with Gasteiger partial charge >= 0.3 is 0 Å². The van der Waals surface area contributed by atoms with E-state index in [0.717, 1.165) is 29.8 Å². The first-order valence-corrected chi connectivity index (χ1v) is 8.70. The van der Waals surface area contributed by atoms with Gasteiger partial charge in [-0.1, -0.05) is 13.8 Å². The number of hydrogen-bond donors (Lipinski definition) is 3. The number of aryl methyl sites for hydroxylation is 1. The van der Waals surface area contributed by atoms with Crippen LogP contribution < -0.4 is 5.32 Å². The number of aliphatic hydroxyl groups excluding tert-OH is 1. The summed E-state index contributed by atoms with van der Waals surface area (Å²) in [6.45, 7) is 6.03. The van der Waals surface area contributed by atoms with Gasteiger partial charge in [0, 0.05) is 35.0 Å². The Labute approximate surface area is 149 Å². The van der Waals surface area contributed by atoms with Gasteiger partial charge in [-0.3, -0.25) is 4.98 Å². The number of pyridine rings is 1. The summed E-state index contributed by atoms with van der Waals surface area (Å²) in [5.41, 5.74) is 4.47. The largest absolute Gasteiger partial charge is 0.506 e. The molecule has 2 aromatic rings. The molecule has 132 valence electrons. The Kier molecular flexibility index (Phi) is 6.37. The maximum absolute atomic E-state index is 10.2. The zero-order chi connectivity index (χ0) is 18.4. The highest BCUT2D eigenvalue weighted by molar-refractivity contribution is 5.51. The van der Waals surface area contributed by atoms with E-state index in [0.29, 0.717) is 29.3 Å². The Balaban J connectivity index is 0.00000109.